The van der Waals surface area contributed by atoms with Gasteiger partial charge in [0.2, 0.25) is 0 Å². The summed E-state index contributed by atoms with van der Waals surface area (Å²) in [5.41, 5.74) is 1.94. The molecule has 0 aliphatic rings. The molecule has 2 aromatic rings. The predicted molar refractivity (Wildman–Crippen MR) is 113 cm³/mol. The average Bonchev–Trinajstić information content (AvgIpc) is 2.75. The molecular weight excluding hydrogens is 386 g/mol. The summed E-state index contributed by atoms with van der Waals surface area (Å²) in [7, 11) is 3.12. The molecule has 0 saturated heterocycles. The molecule has 162 valence electrons. The lowest BCUT2D eigenvalue weighted by molar-refractivity contribution is -0.150. The van der Waals surface area contributed by atoms with Gasteiger partial charge in [-0.15, -0.1) is 0 Å². The highest BCUT2D eigenvalue weighted by Crippen LogP contribution is 2.29. The monoisotopic (exact) mass is 415 g/mol. The Hall–Kier alpha value is -3.22. The highest BCUT2D eigenvalue weighted by atomic mass is 16.6. The predicted octanol–water partition coefficient (Wildman–Crippen LogP) is 3.63. The summed E-state index contributed by atoms with van der Waals surface area (Å²) in [5.74, 6) is 1.21. The number of benzene rings is 2. The van der Waals surface area contributed by atoms with Crippen LogP contribution in [0, 0.1) is 0 Å². The first-order valence-corrected chi connectivity index (χ1v) is 9.73. The summed E-state index contributed by atoms with van der Waals surface area (Å²) in [6.07, 6.45) is 0. The van der Waals surface area contributed by atoms with E-state index in [1.165, 1.54) is 5.56 Å². The molecule has 0 heterocycles. The van der Waals surface area contributed by atoms with Gasteiger partial charge in [-0.1, -0.05) is 26.0 Å². The Bertz CT molecular complexity index is 847. The fourth-order valence-corrected chi connectivity index (χ4v) is 2.82. The van der Waals surface area contributed by atoms with Crippen molar-refractivity contribution < 1.29 is 28.5 Å². The number of methoxy groups -OCH3 is 2. The van der Waals surface area contributed by atoms with Crippen molar-refractivity contribution >= 4 is 11.9 Å². The van der Waals surface area contributed by atoms with E-state index in [4.69, 9.17) is 18.9 Å². The van der Waals surface area contributed by atoms with Crippen LogP contribution in [-0.2, 0) is 14.3 Å². The summed E-state index contributed by atoms with van der Waals surface area (Å²) >= 11 is 0. The van der Waals surface area contributed by atoms with Gasteiger partial charge in [0, 0.05) is 5.56 Å². The fraction of sp³-hybridized carbons (Fsp3) is 0.391. The van der Waals surface area contributed by atoms with Crippen LogP contribution in [-0.4, -0.2) is 39.3 Å². The molecule has 0 spiro atoms. The van der Waals surface area contributed by atoms with E-state index in [0.29, 0.717) is 23.2 Å². The Kier molecular flexibility index (Phi) is 8.53. The first-order chi connectivity index (χ1) is 14.3. The Morgan fingerprint density at radius 2 is 1.57 bits per heavy atom. The van der Waals surface area contributed by atoms with Crippen molar-refractivity contribution in [2.45, 2.75) is 32.7 Å². The molecule has 30 heavy (non-hydrogen) atoms. The number of amides is 1. The lowest BCUT2D eigenvalue weighted by Crippen LogP contribution is -2.32. The van der Waals surface area contributed by atoms with Gasteiger partial charge < -0.3 is 24.3 Å². The molecule has 1 atom stereocenters. The largest absolute Gasteiger partial charge is 0.497 e. The molecule has 0 saturated carbocycles. The van der Waals surface area contributed by atoms with Crippen LogP contribution in [0.2, 0.25) is 0 Å². The average molecular weight is 415 g/mol. The van der Waals surface area contributed by atoms with E-state index < -0.39 is 18.5 Å². The number of carbonyl (C=O) groups is 2. The van der Waals surface area contributed by atoms with Crippen molar-refractivity contribution in [1.29, 1.82) is 0 Å². The Balaban J connectivity index is 1.80. The van der Waals surface area contributed by atoms with E-state index in [1.54, 1.807) is 51.5 Å². The van der Waals surface area contributed by atoms with Crippen molar-refractivity contribution in [2.24, 2.45) is 0 Å². The maximum Gasteiger partial charge on any atom is 0.344 e. The first kappa shape index (κ1) is 23.1. The van der Waals surface area contributed by atoms with Gasteiger partial charge in [-0.2, -0.15) is 0 Å². The van der Waals surface area contributed by atoms with E-state index in [2.05, 4.69) is 19.2 Å². The second kappa shape index (κ2) is 11.1. The lowest BCUT2D eigenvalue weighted by atomic mass is 10.0. The molecule has 2 rings (SSSR count). The van der Waals surface area contributed by atoms with Crippen LogP contribution in [0.25, 0.3) is 0 Å². The molecule has 0 aliphatic heterocycles. The van der Waals surface area contributed by atoms with Crippen molar-refractivity contribution in [2.75, 3.05) is 27.4 Å². The summed E-state index contributed by atoms with van der Waals surface area (Å²) in [6.45, 7) is 5.34. The van der Waals surface area contributed by atoms with Gasteiger partial charge in [0.15, 0.2) is 13.2 Å². The third-order valence-electron chi connectivity index (χ3n) is 4.55. The minimum absolute atomic E-state index is 0.270. The number of esters is 1. The number of hydrogen-bond acceptors (Lipinski definition) is 6. The second-order valence-electron chi connectivity index (χ2n) is 7.07. The molecular formula is C23H29NO6. The van der Waals surface area contributed by atoms with Crippen molar-refractivity contribution in [3.8, 4) is 17.2 Å². The number of carbonyl (C=O) groups excluding carboxylic acids is 2. The quantitative estimate of drug-likeness (QED) is 0.597. The van der Waals surface area contributed by atoms with Crippen LogP contribution >= 0.6 is 0 Å². The molecule has 1 N–H and O–H groups in total. The van der Waals surface area contributed by atoms with Gasteiger partial charge in [0.05, 0.1) is 20.3 Å². The van der Waals surface area contributed by atoms with Gasteiger partial charge in [-0.05, 0) is 48.7 Å². The lowest BCUT2D eigenvalue weighted by Gasteiger charge is -2.18. The zero-order chi connectivity index (χ0) is 22.1. The second-order valence-corrected chi connectivity index (χ2v) is 7.07. The van der Waals surface area contributed by atoms with Crippen LogP contribution in [0.4, 0.5) is 0 Å². The number of ether oxygens (including phenoxy) is 4. The third kappa shape index (κ3) is 6.69. The van der Waals surface area contributed by atoms with Gasteiger partial charge in [-0.3, -0.25) is 4.79 Å². The molecule has 7 heteroatoms. The summed E-state index contributed by atoms with van der Waals surface area (Å²) in [5, 5.41) is 2.78. The van der Waals surface area contributed by atoms with E-state index in [1.807, 2.05) is 12.1 Å². The highest BCUT2D eigenvalue weighted by Gasteiger charge is 2.16. The minimum atomic E-state index is -0.621. The van der Waals surface area contributed by atoms with Crippen LogP contribution in [0.5, 0.6) is 17.2 Å². The van der Waals surface area contributed by atoms with Crippen molar-refractivity contribution in [3.05, 3.63) is 53.6 Å². The molecule has 0 aromatic heterocycles. The van der Waals surface area contributed by atoms with E-state index >= 15 is 0 Å². The smallest absolute Gasteiger partial charge is 0.344 e. The molecule has 2 aromatic carbocycles. The topological polar surface area (TPSA) is 83.1 Å². The van der Waals surface area contributed by atoms with Gasteiger partial charge in [0.1, 0.15) is 17.2 Å². The van der Waals surface area contributed by atoms with Crippen LogP contribution in [0.1, 0.15) is 43.9 Å². The van der Waals surface area contributed by atoms with Crippen LogP contribution in [0.3, 0.4) is 0 Å². The van der Waals surface area contributed by atoms with E-state index in [0.717, 1.165) is 5.56 Å². The summed E-state index contributed by atoms with van der Waals surface area (Å²) in [6, 6.07) is 12.5. The SMILES string of the molecule is COc1ccc(OC)c([C@@H](C)NC(=O)COC(=O)COc2ccc(C(C)C)cc2)c1. The summed E-state index contributed by atoms with van der Waals surface area (Å²) < 4.78 is 20.9. The van der Waals surface area contributed by atoms with Gasteiger partial charge in [0.25, 0.3) is 5.91 Å². The standard InChI is InChI=1S/C23H29NO6/c1-15(2)17-6-8-18(9-7-17)29-14-23(26)30-13-22(25)24-16(3)20-12-19(27-4)10-11-21(20)28-5/h6-12,15-16H,13-14H2,1-5H3,(H,24,25)/t16-/m1/s1. The van der Waals surface area contributed by atoms with E-state index in [9.17, 15) is 9.59 Å². The zero-order valence-corrected chi connectivity index (χ0v) is 18.1. The first-order valence-electron chi connectivity index (χ1n) is 9.73. The molecule has 7 nitrogen and oxygen atoms in total. The third-order valence-corrected chi connectivity index (χ3v) is 4.55. The van der Waals surface area contributed by atoms with Crippen LogP contribution < -0.4 is 19.5 Å². The van der Waals surface area contributed by atoms with Crippen LogP contribution in [0.15, 0.2) is 42.5 Å². The maximum atomic E-state index is 12.2. The normalized spacial score (nSPS) is 11.5. The Morgan fingerprint density at radius 1 is 0.900 bits per heavy atom. The molecule has 0 fully saturated rings. The molecule has 0 aliphatic carbocycles. The van der Waals surface area contributed by atoms with Gasteiger partial charge >= 0.3 is 5.97 Å². The molecule has 0 radical (unpaired) electrons. The molecule has 0 bridgehead atoms. The number of nitrogens with one attached hydrogen (secondary N) is 1. The number of hydrogen-bond donors (Lipinski definition) is 1. The number of rotatable bonds is 10. The highest BCUT2D eigenvalue weighted by molar-refractivity contribution is 5.81. The molecule has 1 amide bonds. The molecule has 0 unspecified atom stereocenters. The zero-order valence-electron chi connectivity index (χ0n) is 18.1. The van der Waals surface area contributed by atoms with Crippen molar-refractivity contribution in [1.82, 2.24) is 5.32 Å². The van der Waals surface area contributed by atoms with Gasteiger partial charge in [-0.25, -0.2) is 4.79 Å². The maximum absolute atomic E-state index is 12.2. The minimum Gasteiger partial charge on any atom is -0.497 e. The van der Waals surface area contributed by atoms with E-state index in [-0.39, 0.29) is 12.6 Å². The summed E-state index contributed by atoms with van der Waals surface area (Å²) in [4.78, 5) is 24.0. The Labute approximate surface area is 177 Å². The Morgan fingerprint density at radius 3 is 2.17 bits per heavy atom. The fourth-order valence-electron chi connectivity index (χ4n) is 2.82. The van der Waals surface area contributed by atoms with Crippen molar-refractivity contribution in [3.63, 3.8) is 0 Å².